The van der Waals surface area contributed by atoms with Crippen LogP contribution in [0.3, 0.4) is 0 Å². The average molecular weight is 467 g/mol. The van der Waals surface area contributed by atoms with Crippen molar-refractivity contribution >= 4 is 35.2 Å². The molecule has 2 aliphatic heterocycles. The van der Waals surface area contributed by atoms with Crippen LogP contribution in [0.4, 0.5) is 8.78 Å². The van der Waals surface area contributed by atoms with E-state index < -0.39 is 76.9 Å². The first-order chi connectivity index (χ1) is 17.2. The van der Waals surface area contributed by atoms with Crippen LogP contribution in [0.2, 0.25) is 5.02 Å². The van der Waals surface area contributed by atoms with E-state index in [1.165, 1.54) is 23.1 Å². The van der Waals surface area contributed by atoms with Crippen LogP contribution in [0.15, 0.2) is 42.4 Å². The highest BCUT2D eigenvalue weighted by atomic mass is 35.5. The summed E-state index contributed by atoms with van der Waals surface area (Å²) >= 11 is 5.63. The van der Waals surface area contributed by atoms with Crippen LogP contribution in [0.25, 0.3) is 0 Å². The van der Waals surface area contributed by atoms with Crippen molar-refractivity contribution in [3.05, 3.63) is 69.6 Å². The number of halogens is 3. The minimum Gasteiger partial charge on any atom is -0.346 e. The van der Waals surface area contributed by atoms with E-state index in [0.717, 1.165) is 0 Å². The minimum atomic E-state index is -4.53. The number of amides is 4. The number of carbonyl (C=O) groups excluding carboxylic acids is 4. The molecule has 0 spiro atoms. The van der Waals surface area contributed by atoms with Gasteiger partial charge in [-0.05, 0) is 35.7 Å². The second kappa shape index (κ2) is 8.31. The van der Waals surface area contributed by atoms with E-state index in [2.05, 4.69) is 5.32 Å². The monoisotopic (exact) mass is 466 g/mol. The van der Waals surface area contributed by atoms with Crippen LogP contribution >= 0.6 is 11.6 Å². The van der Waals surface area contributed by atoms with E-state index in [9.17, 15) is 28.0 Å². The average Bonchev–Trinajstić information content (AvgIpc) is 3.16. The van der Waals surface area contributed by atoms with Gasteiger partial charge < -0.3 is 10.2 Å². The summed E-state index contributed by atoms with van der Waals surface area (Å²) in [5.41, 5.74) is -0.822. The fourth-order valence-corrected chi connectivity index (χ4v) is 3.59. The summed E-state index contributed by atoms with van der Waals surface area (Å²) in [6.07, 6.45) is 0.206. The van der Waals surface area contributed by atoms with Crippen molar-refractivity contribution in [3.63, 3.8) is 0 Å². The number of hydrogen-bond donors (Lipinski definition) is 2. The lowest BCUT2D eigenvalue weighted by molar-refractivity contribution is -0.147. The Morgan fingerprint density at radius 1 is 1.28 bits per heavy atom. The smallest absolute Gasteiger partial charge is 0.346 e. The van der Waals surface area contributed by atoms with Crippen LogP contribution in [-0.2, 0) is 33.4 Å². The summed E-state index contributed by atoms with van der Waals surface area (Å²) in [5, 5.41) is 3.29. The Balaban J connectivity index is 1.54. The number of benzene rings is 2. The Kier molecular flexibility index (Phi) is 4.24. The largest absolute Gasteiger partial charge is 0.349 e. The number of hydrogen-bond acceptors (Lipinski definition) is 4. The van der Waals surface area contributed by atoms with Gasteiger partial charge in [0.25, 0.3) is 11.8 Å². The molecule has 32 heavy (non-hydrogen) atoms. The third-order valence-electron chi connectivity index (χ3n) is 5.11. The van der Waals surface area contributed by atoms with Crippen molar-refractivity contribution in [3.8, 4) is 0 Å². The van der Waals surface area contributed by atoms with Crippen LogP contribution in [-0.4, -0.2) is 34.6 Å². The molecule has 2 unspecified atom stereocenters. The molecule has 0 aliphatic carbocycles. The predicted molar refractivity (Wildman–Crippen MR) is 110 cm³/mol. The number of rotatable bonds is 5. The third-order valence-corrected chi connectivity index (χ3v) is 5.30. The fourth-order valence-electron chi connectivity index (χ4n) is 3.49. The lowest BCUT2D eigenvalue weighted by atomic mass is 10.0. The fraction of sp³-hybridized carbons (Fsp3) is 0.273. The highest BCUT2D eigenvalue weighted by molar-refractivity contribution is 6.30. The Bertz CT molecular complexity index is 1350. The molecule has 2 heterocycles. The number of nitrogens with zero attached hydrogens (tertiary/aromatic N) is 1. The zero-order chi connectivity index (χ0) is 27.4. The van der Waals surface area contributed by atoms with Gasteiger partial charge in [0.1, 0.15) is 6.04 Å². The molecule has 4 amide bonds. The van der Waals surface area contributed by atoms with Gasteiger partial charge >= 0.3 is 5.92 Å². The number of fused-ring (bicyclic) bond motifs is 1. The molecule has 0 saturated carbocycles. The molecule has 2 aliphatic rings. The van der Waals surface area contributed by atoms with Crippen LogP contribution < -0.4 is 10.6 Å². The van der Waals surface area contributed by atoms with Gasteiger partial charge in [0.15, 0.2) is 0 Å². The first-order valence-corrected chi connectivity index (χ1v) is 9.78. The lowest BCUT2D eigenvalue weighted by Crippen LogP contribution is -2.52. The number of imide groups is 1. The molecule has 166 valence electrons. The summed E-state index contributed by atoms with van der Waals surface area (Å²) in [7, 11) is 0. The number of nitrogens with one attached hydrogen (secondary N) is 2. The molecular weight excluding hydrogens is 444 g/mol. The summed E-state index contributed by atoms with van der Waals surface area (Å²) in [6.45, 7) is -1.77. The van der Waals surface area contributed by atoms with Crippen molar-refractivity contribution < 1.29 is 34.8 Å². The maximum atomic E-state index is 15.0. The molecule has 0 bridgehead atoms. The van der Waals surface area contributed by atoms with Gasteiger partial charge in [-0.15, -0.1) is 0 Å². The number of alkyl halides is 2. The first kappa shape index (κ1) is 16.3. The van der Waals surface area contributed by atoms with Crippen molar-refractivity contribution in [2.45, 2.75) is 37.9 Å². The van der Waals surface area contributed by atoms with Gasteiger partial charge in [-0.3, -0.25) is 24.5 Å². The quantitative estimate of drug-likeness (QED) is 0.662. The standard InChI is InChI=1S/C22H18ClF2N3O4/c23-15-4-2-14(3-5-15)22(24,25)21(32)26-10-12-1-6-16-13(9-12)11-28(20(16)31)17-7-8-18(29)27-19(17)30/h1-6,9,17H,7-8,10-11H2,(H,26,32)(H,27,29,30)/i2D,3D,4D,5D,10D. The normalized spacial score (nSPS) is 21.6. The van der Waals surface area contributed by atoms with E-state index in [4.69, 9.17) is 18.5 Å². The van der Waals surface area contributed by atoms with Crippen molar-refractivity contribution in [2.75, 3.05) is 0 Å². The molecule has 0 radical (unpaired) electrons. The lowest BCUT2D eigenvalue weighted by Gasteiger charge is -2.29. The van der Waals surface area contributed by atoms with E-state index in [0.29, 0.717) is 5.56 Å². The Hall–Kier alpha value is -3.33. The molecule has 4 rings (SSSR count). The first-order valence-electron chi connectivity index (χ1n) is 12.0. The predicted octanol–water partition coefficient (Wildman–Crippen LogP) is 2.51. The summed E-state index contributed by atoms with van der Waals surface area (Å²) in [5.74, 6) is -8.08. The highest BCUT2D eigenvalue weighted by Crippen LogP contribution is 2.30. The van der Waals surface area contributed by atoms with Gasteiger partial charge in [-0.25, -0.2) is 0 Å². The van der Waals surface area contributed by atoms with Crippen molar-refractivity contribution in [2.24, 2.45) is 0 Å². The number of carbonyl (C=O) groups is 4. The molecule has 0 aromatic heterocycles. The Morgan fingerprint density at radius 2 is 2.00 bits per heavy atom. The highest BCUT2D eigenvalue weighted by Gasteiger charge is 2.41. The van der Waals surface area contributed by atoms with Gasteiger partial charge in [-0.1, -0.05) is 35.8 Å². The minimum absolute atomic E-state index is 0.0289. The second-order valence-corrected chi connectivity index (χ2v) is 7.58. The molecule has 10 heteroatoms. The zero-order valence-electron chi connectivity index (χ0n) is 21.2. The molecule has 1 fully saturated rings. The van der Waals surface area contributed by atoms with Crippen molar-refractivity contribution in [1.82, 2.24) is 15.5 Å². The topological polar surface area (TPSA) is 95.6 Å². The van der Waals surface area contributed by atoms with E-state index in [-0.39, 0.29) is 30.5 Å². The molecule has 7 nitrogen and oxygen atoms in total. The van der Waals surface area contributed by atoms with Crippen LogP contribution in [0.5, 0.6) is 0 Å². The van der Waals surface area contributed by atoms with Gasteiger partial charge in [0, 0.05) is 35.6 Å². The molecule has 2 N–H and O–H groups in total. The summed E-state index contributed by atoms with van der Waals surface area (Å²) in [4.78, 5) is 50.1. The van der Waals surface area contributed by atoms with E-state index >= 15 is 0 Å². The molecule has 2 atom stereocenters. The third kappa shape index (κ3) is 4.08. The van der Waals surface area contributed by atoms with Crippen LogP contribution in [0, 0.1) is 0 Å². The molecule has 2 aromatic rings. The van der Waals surface area contributed by atoms with Gasteiger partial charge in [0.05, 0.1) is 6.85 Å². The SMILES string of the molecule is [2H]c1c([2H])c(C(F)(F)C(=O)NC([2H])c2ccc3c(c2)CN(C2CCC(=O)NC2=O)C3=O)c([2H])c([2H])c1Cl. The van der Waals surface area contributed by atoms with E-state index in [1.807, 2.05) is 0 Å². The molecular formula is C22H18ClF2N3O4. The zero-order valence-corrected chi connectivity index (χ0v) is 17.0. The molecule has 2 aromatic carbocycles. The van der Waals surface area contributed by atoms with Crippen LogP contribution in [0.1, 0.15) is 46.7 Å². The maximum Gasteiger partial charge on any atom is 0.349 e. The Labute approximate surface area is 193 Å². The van der Waals surface area contributed by atoms with Gasteiger partial charge in [-0.2, -0.15) is 8.78 Å². The Morgan fingerprint density at radius 3 is 2.69 bits per heavy atom. The summed E-state index contributed by atoms with van der Waals surface area (Å²) < 4.78 is 68.8. The maximum absolute atomic E-state index is 15.0. The number of piperidine rings is 1. The second-order valence-electron chi connectivity index (χ2n) is 7.20. The molecule has 1 saturated heterocycles. The summed E-state index contributed by atoms with van der Waals surface area (Å²) in [6, 6.07) is -1.13. The van der Waals surface area contributed by atoms with Crippen molar-refractivity contribution in [1.29, 1.82) is 0 Å². The van der Waals surface area contributed by atoms with Gasteiger partial charge in [0.2, 0.25) is 11.8 Å². The van der Waals surface area contributed by atoms with E-state index in [1.54, 1.807) is 5.32 Å².